The molecule has 0 unspecified atom stereocenters. The van der Waals surface area contributed by atoms with E-state index in [1.165, 1.54) is 0 Å². The first kappa shape index (κ1) is 9.67. The zero-order valence-corrected chi connectivity index (χ0v) is 7.93. The van der Waals surface area contributed by atoms with Crippen molar-refractivity contribution in [2.45, 2.75) is 0 Å². The van der Waals surface area contributed by atoms with Crippen LogP contribution in [-0.2, 0) is 4.84 Å². The zero-order chi connectivity index (χ0) is 10.7. The second-order valence-corrected chi connectivity index (χ2v) is 2.93. The van der Waals surface area contributed by atoms with Crippen molar-refractivity contribution < 1.29 is 14.7 Å². The molecule has 0 spiro atoms. The molecular weight excluding hydrogens is 196 g/mol. The Morgan fingerprint density at radius 3 is 2.93 bits per heavy atom. The fourth-order valence-corrected chi connectivity index (χ4v) is 1.24. The largest absolute Gasteiger partial charge is 0.434 e. The van der Waals surface area contributed by atoms with Crippen molar-refractivity contribution in [2.24, 2.45) is 5.16 Å². The van der Waals surface area contributed by atoms with Crippen LogP contribution in [0.1, 0.15) is 5.56 Å². The molecule has 5 heteroatoms. The minimum Gasteiger partial charge on any atom is -0.434 e. The summed E-state index contributed by atoms with van der Waals surface area (Å²) in [5, 5.41) is 19.8. The maximum absolute atomic E-state index is 8.49. The topological polar surface area (TPSA) is 74.9 Å². The van der Waals surface area contributed by atoms with E-state index in [4.69, 9.17) is 20.1 Å². The van der Waals surface area contributed by atoms with Crippen molar-refractivity contribution in [1.82, 2.24) is 0 Å². The standard InChI is InChI=1S/C10H10N2O3/c11-9-7-3-1-2-4-8(7)15-10(9)12-14-6-5-13/h1-4,11,13H,5-6H2/b11-9?,12-10-. The summed E-state index contributed by atoms with van der Waals surface area (Å²) in [5.41, 5.74) is 0.896. The molecule has 5 nitrogen and oxygen atoms in total. The molecule has 1 aliphatic rings. The zero-order valence-electron chi connectivity index (χ0n) is 7.93. The van der Waals surface area contributed by atoms with Crippen LogP contribution in [0.5, 0.6) is 5.75 Å². The number of benzene rings is 1. The fraction of sp³-hybridized carbons (Fsp3) is 0.200. The molecule has 1 aromatic carbocycles. The highest BCUT2D eigenvalue weighted by molar-refractivity contribution is 6.47. The Kier molecular flexibility index (Phi) is 2.64. The number of para-hydroxylation sites is 1. The molecule has 15 heavy (non-hydrogen) atoms. The first-order valence-electron chi connectivity index (χ1n) is 4.50. The van der Waals surface area contributed by atoms with Crippen molar-refractivity contribution in [2.75, 3.05) is 13.2 Å². The van der Waals surface area contributed by atoms with E-state index in [0.29, 0.717) is 11.3 Å². The maximum atomic E-state index is 8.49. The summed E-state index contributed by atoms with van der Waals surface area (Å²) in [5.74, 6) is 0.735. The first-order chi connectivity index (χ1) is 7.33. The van der Waals surface area contributed by atoms with Crippen LogP contribution >= 0.6 is 0 Å². The van der Waals surface area contributed by atoms with Gasteiger partial charge in [0.25, 0.3) is 5.90 Å². The Morgan fingerprint density at radius 2 is 2.20 bits per heavy atom. The summed E-state index contributed by atoms with van der Waals surface area (Å²) in [7, 11) is 0. The molecule has 0 fully saturated rings. The third kappa shape index (κ3) is 1.82. The molecule has 0 aliphatic carbocycles. The average molecular weight is 206 g/mol. The lowest BCUT2D eigenvalue weighted by Gasteiger charge is -1.97. The van der Waals surface area contributed by atoms with Gasteiger partial charge in [-0.2, -0.15) is 0 Å². The molecule has 78 valence electrons. The van der Waals surface area contributed by atoms with E-state index in [1.54, 1.807) is 12.1 Å². The van der Waals surface area contributed by atoms with Crippen LogP contribution in [0.2, 0.25) is 0 Å². The van der Waals surface area contributed by atoms with E-state index in [2.05, 4.69) is 5.16 Å². The molecule has 0 saturated carbocycles. The highest BCUT2D eigenvalue weighted by Gasteiger charge is 2.25. The van der Waals surface area contributed by atoms with E-state index in [1.807, 2.05) is 12.1 Å². The lowest BCUT2D eigenvalue weighted by molar-refractivity contribution is 0.0961. The molecule has 0 radical (unpaired) electrons. The maximum Gasteiger partial charge on any atom is 0.281 e. The Balaban J connectivity index is 2.16. The van der Waals surface area contributed by atoms with Crippen LogP contribution in [0.15, 0.2) is 29.4 Å². The van der Waals surface area contributed by atoms with Gasteiger partial charge < -0.3 is 14.7 Å². The van der Waals surface area contributed by atoms with Gasteiger partial charge in [-0.05, 0) is 17.3 Å². The van der Waals surface area contributed by atoms with E-state index < -0.39 is 0 Å². The van der Waals surface area contributed by atoms with Crippen molar-refractivity contribution in [1.29, 1.82) is 5.41 Å². The van der Waals surface area contributed by atoms with Gasteiger partial charge >= 0.3 is 0 Å². The van der Waals surface area contributed by atoms with E-state index in [-0.39, 0.29) is 24.8 Å². The molecule has 1 heterocycles. The van der Waals surface area contributed by atoms with E-state index in [0.717, 1.165) is 0 Å². The minimum absolute atomic E-state index is 0.0937. The summed E-state index contributed by atoms with van der Waals surface area (Å²) in [6, 6.07) is 7.20. The van der Waals surface area contributed by atoms with Crippen LogP contribution in [-0.4, -0.2) is 29.9 Å². The van der Waals surface area contributed by atoms with Crippen LogP contribution in [0.25, 0.3) is 0 Å². The Labute approximate surface area is 86.4 Å². The smallest absolute Gasteiger partial charge is 0.281 e. The summed E-state index contributed by atoms with van der Waals surface area (Å²) in [6.07, 6.45) is 0. The number of nitrogens with one attached hydrogen (secondary N) is 1. The third-order valence-corrected chi connectivity index (χ3v) is 1.91. The molecule has 0 amide bonds. The number of ether oxygens (including phenoxy) is 1. The van der Waals surface area contributed by atoms with Crippen molar-refractivity contribution in [3.05, 3.63) is 29.8 Å². The molecule has 0 bridgehead atoms. The van der Waals surface area contributed by atoms with Gasteiger partial charge in [-0.15, -0.1) is 0 Å². The molecule has 0 atom stereocenters. The van der Waals surface area contributed by atoms with Crippen LogP contribution < -0.4 is 4.74 Å². The van der Waals surface area contributed by atoms with Gasteiger partial charge in [0.05, 0.1) is 6.61 Å². The minimum atomic E-state index is -0.114. The van der Waals surface area contributed by atoms with Crippen molar-refractivity contribution >= 4 is 11.6 Å². The van der Waals surface area contributed by atoms with Crippen LogP contribution in [0.3, 0.4) is 0 Å². The van der Waals surface area contributed by atoms with Crippen LogP contribution in [0, 0.1) is 5.41 Å². The van der Waals surface area contributed by atoms with Gasteiger partial charge in [-0.25, -0.2) is 0 Å². The van der Waals surface area contributed by atoms with Crippen molar-refractivity contribution in [3.8, 4) is 5.75 Å². The Bertz CT molecular complexity index is 415. The number of aliphatic hydroxyl groups excluding tert-OH is 1. The lowest BCUT2D eigenvalue weighted by Crippen LogP contribution is -2.13. The predicted octanol–water partition coefficient (Wildman–Crippen LogP) is 0.769. The second kappa shape index (κ2) is 4.10. The lowest BCUT2D eigenvalue weighted by atomic mass is 10.1. The predicted molar refractivity (Wildman–Crippen MR) is 54.4 cm³/mol. The van der Waals surface area contributed by atoms with E-state index in [9.17, 15) is 0 Å². The normalized spacial score (nSPS) is 16.3. The monoisotopic (exact) mass is 206 g/mol. The van der Waals surface area contributed by atoms with Gasteiger partial charge in [-0.3, -0.25) is 5.41 Å². The van der Waals surface area contributed by atoms with Gasteiger partial charge in [0.2, 0.25) is 0 Å². The first-order valence-corrected chi connectivity index (χ1v) is 4.50. The van der Waals surface area contributed by atoms with Gasteiger partial charge in [-0.1, -0.05) is 12.1 Å². The van der Waals surface area contributed by atoms with Gasteiger partial charge in [0, 0.05) is 5.56 Å². The fourth-order valence-electron chi connectivity index (χ4n) is 1.24. The van der Waals surface area contributed by atoms with Gasteiger partial charge in [0.1, 0.15) is 18.1 Å². The second-order valence-electron chi connectivity index (χ2n) is 2.93. The number of nitrogens with zero attached hydrogens (tertiary/aromatic N) is 1. The summed E-state index contributed by atoms with van der Waals surface area (Å²) in [4.78, 5) is 4.74. The highest BCUT2D eigenvalue weighted by Crippen LogP contribution is 2.25. The Hall–Kier alpha value is -1.88. The molecule has 1 aliphatic heterocycles. The molecule has 1 aromatic rings. The quantitative estimate of drug-likeness (QED) is 0.566. The number of hydrogen-bond donors (Lipinski definition) is 2. The van der Waals surface area contributed by atoms with Crippen molar-refractivity contribution in [3.63, 3.8) is 0 Å². The van der Waals surface area contributed by atoms with Gasteiger partial charge in [0.15, 0.2) is 0 Å². The third-order valence-electron chi connectivity index (χ3n) is 1.91. The number of hydrogen-bond acceptors (Lipinski definition) is 5. The number of aliphatic hydroxyl groups is 1. The number of rotatable bonds is 3. The molecule has 0 saturated heterocycles. The summed E-state index contributed by atoms with van der Waals surface area (Å²) >= 11 is 0. The molecule has 2 N–H and O–H groups in total. The Morgan fingerprint density at radius 1 is 1.40 bits per heavy atom. The highest BCUT2D eigenvalue weighted by atomic mass is 16.7. The van der Waals surface area contributed by atoms with Crippen LogP contribution in [0.4, 0.5) is 0 Å². The molecular formula is C10H10N2O3. The molecule has 2 rings (SSSR count). The van der Waals surface area contributed by atoms with E-state index >= 15 is 0 Å². The molecule has 0 aromatic heterocycles. The number of oxime groups is 1. The number of fused-ring (bicyclic) bond motifs is 1. The SMILES string of the molecule is N=C1/C(=N/OCCO)Oc2ccccc21. The summed E-state index contributed by atoms with van der Waals surface area (Å²) < 4.78 is 5.28. The summed E-state index contributed by atoms with van der Waals surface area (Å²) in [6.45, 7) is -0.0203. The average Bonchev–Trinajstić information content (AvgIpc) is 2.57.